The maximum absolute atomic E-state index is 13.4. The van der Waals surface area contributed by atoms with Crippen molar-refractivity contribution in [1.82, 2.24) is 4.90 Å². The number of nitrogens with zero attached hydrogens (tertiary/aromatic N) is 2. The maximum Gasteiger partial charge on any atom is 0.410 e. The fourth-order valence-electron chi connectivity index (χ4n) is 4.53. The molecule has 1 unspecified atom stereocenters. The lowest BCUT2D eigenvalue weighted by Gasteiger charge is -2.58. The molecule has 0 aromatic heterocycles. The highest BCUT2D eigenvalue weighted by atomic mass is 19.1. The number of amides is 2. The molecule has 0 N–H and O–H groups in total. The number of benzene rings is 2. The molecule has 2 aromatic rings. The van der Waals surface area contributed by atoms with Crippen molar-refractivity contribution in [1.29, 1.82) is 0 Å². The summed E-state index contributed by atoms with van der Waals surface area (Å²) in [4.78, 5) is 29.3. The Hall–Kier alpha value is -2.89. The number of halogens is 1. The fourth-order valence-corrected chi connectivity index (χ4v) is 4.53. The van der Waals surface area contributed by atoms with Crippen molar-refractivity contribution in [3.8, 4) is 0 Å². The van der Waals surface area contributed by atoms with Gasteiger partial charge in [-0.25, -0.2) is 9.18 Å². The van der Waals surface area contributed by atoms with Crippen LogP contribution in [0, 0.1) is 11.2 Å². The Morgan fingerprint density at radius 2 is 1.63 bits per heavy atom. The molecule has 5 nitrogen and oxygen atoms in total. The van der Waals surface area contributed by atoms with Crippen molar-refractivity contribution < 1.29 is 18.7 Å². The predicted octanol–water partition coefficient (Wildman–Crippen LogP) is 4.93. The van der Waals surface area contributed by atoms with Crippen LogP contribution in [0.25, 0.3) is 0 Å². The number of likely N-dealkylation sites (tertiary alicyclic amines) is 1. The van der Waals surface area contributed by atoms with Crippen molar-refractivity contribution in [2.45, 2.75) is 45.3 Å². The number of anilines is 1. The molecule has 2 heterocycles. The Kier molecular flexibility index (Phi) is 5.04. The average molecular weight is 410 g/mol. The van der Waals surface area contributed by atoms with Gasteiger partial charge in [0.15, 0.2) is 0 Å². The fraction of sp³-hybridized carbons (Fsp3) is 0.417. The molecule has 2 amide bonds. The van der Waals surface area contributed by atoms with E-state index in [0.717, 1.165) is 5.56 Å². The molecule has 2 aliphatic rings. The van der Waals surface area contributed by atoms with Gasteiger partial charge in [-0.15, -0.1) is 0 Å². The van der Waals surface area contributed by atoms with Crippen LogP contribution >= 0.6 is 0 Å². The highest BCUT2D eigenvalue weighted by Gasteiger charge is 2.62. The van der Waals surface area contributed by atoms with Crippen molar-refractivity contribution in [2.75, 3.05) is 18.0 Å². The van der Waals surface area contributed by atoms with Gasteiger partial charge in [0.05, 0.1) is 11.5 Å². The zero-order valence-corrected chi connectivity index (χ0v) is 17.6. The summed E-state index contributed by atoms with van der Waals surface area (Å²) in [5, 5.41) is 0. The molecule has 4 rings (SSSR count). The monoisotopic (exact) mass is 410 g/mol. The van der Waals surface area contributed by atoms with Gasteiger partial charge in [0, 0.05) is 18.8 Å². The molecule has 0 bridgehead atoms. The van der Waals surface area contributed by atoms with Gasteiger partial charge in [0.2, 0.25) is 5.91 Å². The number of hydrogen-bond acceptors (Lipinski definition) is 3. The third kappa shape index (κ3) is 3.55. The minimum absolute atomic E-state index is 0.0341. The first-order valence-electron chi connectivity index (χ1n) is 10.3. The molecule has 2 fully saturated rings. The lowest BCUT2D eigenvalue weighted by molar-refractivity contribution is -0.144. The SMILES string of the molecule is CC(C)(C)OC(=O)N1CCC2(CC1)C(=O)N(c1ccc(F)cc1)C2c1ccccc1. The van der Waals surface area contributed by atoms with Crippen LogP contribution in [0.1, 0.15) is 45.2 Å². The summed E-state index contributed by atoms with van der Waals surface area (Å²) in [5.74, 6) is -0.296. The van der Waals surface area contributed by atoms with E-state index in [2.05, 4.69) is 0 Å². The van der Waals surface area contributed by atoms with Gasteiger partial charge < -0.3 is 14.5 Å². The van der Waals surface area contributed by atoms with Crippen molar-refractivity contribution >= 4 is 17.7 Å². The van der Waals surface area contributed by atoms with Gasteiger partial charge >= 0.3 is 6.09 Å². The molecule has 30 heavy (non-hydrogen) atoms. The third-order valence-corrected chi connectivity index (χ3v) is 5.95. The summed E-state index contributed by atoms with van der Waals surface area (Å²) in [5.41, 5.74) is 0.626. The first kappa shape index (κ1) is 20.4. The zero-order chi connectivity index (χ0) is 21.5. The van der Waals surface area contributed by atoms with Crippen LogP contribution < -0.4 is 4.90 Å². The number of rotatable bonds is 2. The van der Waals surface area contributed by atoms with Crippen LogP contribution in [0.3, 0.4) is 0 Å². The highest BCUT2D eigenvalue weighted by molar-refractivity contribution is 6.06. The smallest absolute Gasteiger partial charge is 0.410 e. The van der Waals surface area contributed by atoms with Crippen molar-refractivity contribution in [3.63, 3.8) is 0 Å². The van der Waals surface area contributed by atoms with Crippen LogP contribution in [0.2, 0.25) is 0 Å². The Morgan fingerprint density at radius 1 is 1.03 bits per heavy atom. The number of β-lactam (4-membered cyclic amide) rings is 1. The largest absolute Gasteiger partial charge is 0.444 e. The zero-order valence-electron chi connectivity index (χ0n) is 17.6. The van der Waals surface area contributed by atoms with E-state index < -0.39 is 11.0 Å². The van der Waals surface area contributed by atoms with E-state index in [0.29, 0.717) is 31.6 Å². The van der Waals surface area contributed by atoms with Crippen LogP contribution in [0.15, 0.2) is 54.6 Å². The lowest BCUT2D eigenvalue weighted by Crippen LogP contribution is -2.67. The highest BCUT2D eigenvalue weighted by Crippen LogP contribution is 2.57. The van der Waals surface area contributed by atoms with Gasteiger partial charge in [-0.05, 0) is 63.4 Å². The molecule has 0 aliphatic carbocycles. The summed E-state index contributed by atoms with van der Waals surface area (Å²) in [7, 11) is 0. The lowest BCUT2D eigenvalue weighted by atomic mass is 9.62. The quantitative estimate of drug-likeness (QED) is 0.660. The average Bonchev–Trinajstić information content (AvgIpc) is 2.72. The minimum Gasteiger partial charge on any atom is -0.444 e. The van der Waals surface area contributed by atoms with E-state index in [1.807, 2.05) is 51.1 Å². The van der Waals surface area contributed by atoms with Gasteiger partial charge in [-0.3, -0.25) is 4.79 Å². The number of piperidine rings is 1. The Morgan fingerprint density at radius 3 is 2.20 bits per heavy atom. The van der Waals surface area contributed by atoms with E-state index in [9.17, 15) is 14.0 Å². The number of hydrogen-bond donors (Lipinski definition) is 0. The van der Waals surface area contributed by atoms with Gasteiger partial charge in [0.1, 0.15) is 11.4 Å². The van der Waals surface area contributed by atoms with Gasteiger partial charge in [-0.1, -0.05) is 30.3 Å². The molecule has 2 saturated heterocycles. The number of carbonyl (C=O) groups is 2. The van der Waals surface area contributed by atoms with Crippen LogP contribution in [0.5, 0.6) is 0 Å². The second kappa shape index (κ2) is 7.42. The molecule has 0 saturated carbocycles. The topological polar surface area (TPSA) is 49.9 Å². The van der Waals surface area contributed by atoms with E-state index in [-0.39, 0.29) is 23.9 Å². The van der Waals surface area contributed by atoms with Crippen LogP contribution in [0.4, 0.5) is 14.9 Å². The standard InChI is InChI=1S/C24H27FN2O3/c1-23(2,3)30-22(29)26-15-13-24(14-16-26)20(17-7-5-4-6-8-17)27(21(24)28)19-11-9-18(25)10-12-19/h4-12,20H,13-16H2,1-3H3. The van der Waals surface area contributed by atoms with Gasteiger partial charge in [-0.2, -0.15) is 0 Å². The molecule has 2 aliphatic heterocycles. The van der Waals surface area contributed by atoms with E-state index in [1.54, 1.807) is 21.9 Å². The molecule has 0 radical (unpaired) electrons. The van der Waals surface area contributed by atoms with Crippen LogP contribution in [-0.2, 0) is 9.53 Å². The Balaban J connectivity index is 1.59. The summed E-state index contributed by atoms with van der Waals surface area (Å²) in [6.45, 7) is 6.48. The first-order chi connectivity index (χ1) is 14.2. The third-order valence-electron chi connectivity index (χ3n) is 5.95. The number of carbonyl (C=O) groups excluding carboxylic acids is 2. The predicted molar refractivity (Wildman–Crippen MR) is 113 cm³/mol. The molecule has 1 spiro atoms. The van der Waals surface area contributed by atoms with E-state index in [4.69, 9.17) is 4.74 Å². The second-order valence-corrected chi connectivity index (χ2v) is 9.09. The minimum atomic E-state index is -0.561. The van der Waals surface area contributed by atoms with Crippen LogP contribution in [-0.4, -0.2) is 35.6 Å². The summed E-state index contributed by atoms with van der Waals surface area (Å²) >= 11 is 0. The summed E-state index contributed by atoms with van der Waals surface area (Å²) in [6.07, 6.45) is 0.806. The first-order valence-corrected chi connectivity index (χ1v) is 10.3. The molecule has 1 atom stereocenters. The molecule has 158 valence electrons. The Bertz CT molecular complexity index is 929. The molecular weight excluding hydrogens is 383 g/mol. The van der Waals surface area contributed by atoms with E-state index in [1.165, 1.54) is 12.1 Å². The molecule has 2 aromatic carbocycles. The number of ether oxygens (including phenoxy) is 1. The van der Waals surface area contributed by atoms with Crippen molar-refractivity contribution in [2.24, 2.45) is 5.41 Å². The second-order valence-electron chi connectivity index (χ2n) is 9.09. The Labute approximate surface area is 176 Å². The maximum atomic E-state index is 13.4. The van der Waals surface area contributed by atoms with Crippen molar-refractivity contribution in [3.05, 3.63) is 66.0 Å². The molecule has 6 heteroatoms. The summed E-state index contributed by atoms with van der Waals surface area (Å²) < 4.78 is 18.9. The summed E-state index contributed by atoms with van der Waals surface area (Å²) in [6, 6.07) is 15.8. The van der Waals surface area contributed by atoms with Gasteiger partial charge in [0.25, 0.3) is 0 Å². The molecular formula is C24H27FN2O3. The van der Waals surface area contributed by atoms with E-state index >= 15 is 0 Å². The normalized spacial score (nSPS) is 20.8.